The van der Waals surface area contributed by atoms with Crippen LogP contribution >= 0.6 is 11.6 Å². The fourth-order valence-corrected chi connectivity index (χ4v) is 2.55. The van der Waals surface area contributed by atoms with Gasteiger partial charge in [-0.2, -0.15) is 0 Å². The second-order valence-electron chi connectivity index (χ2n) is 6.62. The molecule has 114 valence electrons. The van der Waals surface area contributed by atoms with Crippen molar-refractivity contribution < 1.29 is 0 Å². The summed E-state index contributed by atoms with van der Waals surface area (Å²) in [6, 6.07) is 8.62. The van der Waals surface area contributed by atoms with E-state index in [0.717, 1.165) is 11.6 Å². The van der Waals surface area contributed by atoms with E-state index in [1.165, 1.54) is 5.56 Å². The molecule has 2 rings (SSSR count). The zero-order valence-corrected chi connectivity index (χ0v) is 13.9. The van der Waals surface area contributed by atoms with Crippen LogP contribution in [-0.2, 0) is 6.54 Å². The Morgan fingerprint density at radius 2 is 2.10 bits per heavy atom. The molecular weight excluding hydrogens is 282 g/mol. The molecule has 2 atom stereocenters. The molecule has 0 bridgehead atoms. The molecule has 0 aliphatic rings. The molecule has 4 heteroatoms. The van der Waals surface area contributed by atoms with Crippen molar-refractivity contribution >= 4 is 11.6 Å². The molecule has 0 saturated heterocycles. The van der Waals surface area contributed by atoms with Gasteiger partial charge in [0.25, 0.3) is 0 Å². The van der Waals surface area contributed by atoms with Gasteiger partial charge in [0.05, 0.1) is 6.33 Å². The van der Waals surface area contributed by atoms with Gasteiger partial charge in [-0.3, -0.25) is 0 Å². The molecule has 1 aromatic heterocycles. The van der Waals surface area contributed by atoms with Crippen molar-refractivity contribution in [2.24, 2.45) is 5.41 Å². The summed E-state index contributed by atoms with van der Waals surface area (Å²) in [6.45, 7) is 9.84. The lowest BCUT2D eigenvalue weighted by molar-refractivity contribution is 0.225. The van der Waals surface area contributed by atoms with Crippen molar-refractivity contribution in [1.29, 1.82) is 0 Å². The fraction of sp³-hybridized carbons (Fsp3) is 0.471. The molecular formula is C17H24ClN3. The van der Waals surface area contributed by atoms with Gasteiger partial charge >= 0.3 is 0 Å². The second kappa shape index (κ2) is 6.63. The van der Waals surface area contributed by atoms with E-state index in [-0.39, 0.29) is 11.5 Å². The molecule has 1 N–H and O–H groups in total. The van der Waals surface area contributed by atoms with Gasteiger partial charge in [0, 0.05) is 36.0 Å². The summed E-state index contributed by atoms with van der Waals surface area (Å²) >= 11 is 6.09. The number of aromatic nitrogens is 2. The van der Waals surface area contributed by atoms with E-state index in [1.807, 2.05) is 36.9 Å². The largest absolute Gasteiger partial charge is 0.336 e. The van der Waals surface area contributed by atoms with Crippen LogP contribution in [0.4, 0.5) is 0 Å². The van der Waals surface area contributed by atoms with Gasteiger partial charge in [0.15, 0.2) is 0 Å². The number of imidazole rings is 1. The second-order valence-corrected chi connectivity index (χ2v) is 7.06. The molecule has 1 aromatic carbocycles. The number of nitrogens with zero attached hydrogens (tertiary/aromatic N) is 2. The molecule has 2 unspecified atom stereocenters. The number of hydrogen-bond donors (Lipinski definition) is 1. The van der Waals surface area contributed by atoms with Crippen molar-refractivity contribution in [3.63, 3.8) is 0 Å². The zero-order chi connectivity index (χ0) is 15.5. The van der Waals surface area contributed by atoms with Crippen LogP contribution in [0.1, 0.15) is 39.3 Å². The van der Waals surface area contributed by atoms with Gasteiger partial charge in [0.1, 0.15) is 0 Å². The van der Waals surface area contributed by atoms with Gasteiger partial charge in [-0.1, -0.05) is 44.5 Å². The van der Waals surface area contributed by atoms with E-state index < -0.39 is 0 Å². The molecule has 0 fully saturated rings. The van der Waals surface area contributed by atoms with Crippen LogP contribution in [0.15, 0.2) is 43.0 Å². The van der Waals surface area contributed by atoms with Crippen molar-refractivity contribution in [1.82, 2.24) is 14.9 Å². The summed E-state index contributed by atoms with van der Waals surface area (Å²) in [4.78, 5) is 4.12. The van der Waals surface area contributed by atoms with E-state index in [1.54, 1.807) is 0 Å². The van der Waals surface area contributed by atoms with Crippen molar-refractivity contribution in [2.75, 3.05) is 0 Å². The molecule has 0 aliphatic carbocycles. The monoisotopic (exact) mass is 305 g/mol. The predicted octanol–water partition coefficient (Wildman–Crippen LogP) is 4.30. The van der Waals surface area contributed by atoms with Crippen molar-refractivity contribution in [2.45, 2.75) is 46.3 Å². The van der Waals surface area contributed by atoms with Crippen LogP contribution in [0.2, 0.25) is 5.02 Å². The summed E-state index contributed by atoms with van der Waals surface area (Å²) < 4.78 is 2.12. The van der Waals surface area contributed by atoms with Gasteiger partial charge in [0.2, 0.25) is 0 Å². The minimum absolute atomic E-state index is 0.150. The van der Waals surface area contributed by atoms with E-state index in [4.69, 9.17) is 11.6 Å². The maximum atomic E-state index is 6.09. The third-order valence-electron chi connectivity index (χ3n) is 3.80. The first-order valence-electron chi connectivity index (χ1n) is 7.33. The Balaban J connectivity index is 2.11. The Labute approximate surface area is 132 Å². The molecule has 3 nitrogen and oxygen atoms in total. The number of hydrogen-bond acceptors (Lipinski definition) is 2. The quantitative estimate of drug-likeness (QED) is 0.892. The van der Waals surface area contributed by atoms with Crippen molar-refractivity contribution in [3.05, 3.63) is 53.6 Å². The highest BCUT2D eigenvalue weighted by Gasteiger charge is 2.26. The molecule has 0 radical (unpaired) electrons. The standard InChI is InChI=1S/C17H24ClN3/c1-13(14-6-5-7-15(18)10-14)20-16(17(2,3)4)11-21-9-8-19-12-21/h5-10,12-13,16,20H,11H2,1-4H3. The lowest BCUT2D eigenvalue weighted by atomic mass is 9.85. The Hall–Kier alpha value is -1.32. The van der Waals surface area contributed by atoms with Crippen LogP contribution in [0.5, 0.6) is 0 Å². The molecule has 0 spiro atoms. The first-order valence-corrected chi connectivity index (χ1v) is 7.71. The Kier molecular flexibility index (Phi) is 5.07. The van der Waals surface area contributed by atoms with E-state index in [2.05, 4.69) is 48.6 Å². The molecule has 0 amide bonds. The summed E-state index contributed by atoms with van der Waals surface area (Å²) in [5.41, 5.74) is 1.36. The van der Waals surface area contributed by atoms with E-state index >= 15 is 0 Å². The zero-order valence-electron chi connectivity index (χ0n) is 13.2. The molecule has 0 aliphatic heterocycles. The first kappa shape index (κ1) is 16.1. The Bertz CT molecular complexity index is 558. The van der Waals surface area contributed by atoms with Crippen LogP contribution in [-0.4, -0.2) is 15.6 Å². The molecule has 0 saturated carbocycles. The average molecular weight is 306 g/mol. The summed E-state index contributed by atoms with van der Waals surface area (Å²) in [7, 11) is 0. The molecule has 2 aromatic rings. The number of nitrogens with one attached hydrogen (secondary N) is 1. The fourth-order valence-electron chi connectivity index (χ4n) is 2.36. The van der Waals surface area contributed by atoms with Gasteiger partial charge < -0.3 is 9.88 Å². The highest BCUT2D eigenvalue weighted by molar-refractivity contribution is 6.30. The lowest BCUT2D eigenvalue weighted by Crippen LogP contribution is -2.44. The summed E-state index contributed by atoms with van der Waals surface area (Å²) in [5, 5.41) is 4.51. The molecule has 1 heterocycles. The minimum Gasteiger partial charge on any atom is -0.336 e. The minimum atomic E-state index is 0.150. The van der Waals surface area contributed by atoms with Gasteiger partial charge in [-0.25, -0.2) is 4.98 Å². The van der Waals surface area contributed by atoms with Crippen LogP contribution in [0.3, 0.4) is 0 Å². The number of rotatable bonds is 5. The third-order valence-corrected chi connectivity index (χ3v) is 4.03. The van der Waals surface area contributed by atoms with E-state index in [9.17, 15) is 0 Å². The van der Waals surface area contributed by atoms with Gasteiger partial charge in [-0.05, 0) is 30.0 Å². The smallest absolute Gasteiger partial charge is 0.0946 e. The third kappa shape index (κ3) is 4.58. The SMILES string of the molecule is CC(NC(Cn1ccnc1)C(C)(C)C)c1cccc(Cl)c1. The Morgan fingerprint density at radius 3 is 2.67 bits per heavy atom. The summed E-state index contributed by atoms with van der Waals surface area (Å²) in [6.07, 6.45) is 5.69. The molecule has 21 heavy (non-hydrogen) atoms. The van der Waals surface area contributed by atoms with Crippen molar-refractivity contribution in [3.8, 4) is 0 Å². The normalized spacial score (nSPS) is 14.9. The Morgan fingerprint density at radius 1 is 1.33 bits per heavy atom. The lowest BCUT2D eigenvalue weighted by Gasteiger charge is -2.34. The highest BCUT2D eigenvalue weighted by atomic mass is 35.5. The van der Waals surface area contributed by atoms with Crippen LogP contribution < -0.4 is 5.32 Å². The maximum absolute atomic E-state index is 6.09. The first-order chi connectivity index (χ1) is 9.86. The highest BCUT2D eigenvalue weighted by Crippen LogP contribution is 2.25. The topological polar surface area (TPSA) is 29.9 Å². The average Bonchev–Trinajstić information content (AvgIpc) is 2.89. The van der Waals surface area contributed by atoms with Crippen LogP contribution in [0.25, 0.3) is 0 Å². The van der Waals surface area contributed by atoms with E-state index in [0.29, 0.717) is 6.04 Å². The maximum Gasteiger partial charge on any atom is 0.0946 e. The summed E-state index contributed by atoms with van der Waals surface area (Å²) in [5.74, 6) is 0. The van der Waals surface area contributed by atoms with Gasteiger partial charge in [-0.15, -0.1) is 0 Å². The van der Waals surface area contributed by atoms with Crippen LogP contribution in [0, 0.1) is 5.41 Å². The number of halogens is 1. The predicted molar refractivity (Wildman–Crippen MR) is 88.5 cm³/mol. The number of benzene rings is 1.